The molecular formula is C18H18N2O2S. The Labute approximate surface area is 139 Å². The Morgan fingerprint density at radius 1 is 1.26 bits per heavy atom. The predicted octanol–water partition coefficient (Wildman–Crippen LogP) is 4.41. The molecule has 1 unspecified atom stereocenters. The summed E-state index contributed by atoms with van der Waals surface area (Å²) < 4.78 is 5.34. The number of carbonyl (C=O) groups is 1. The van der Waals surface area contributed by atoms with Gasteiger partial charge in [0.05, 0.1) is 5.52 Å². The van der Waals surface area contributed by atoms with Crippen LogP contribution in [0.4, 0.5) is 0 Å². The Bertz CT molecular complexity index is 867. The molecule has 3 aromatic rings. The molecule has 23 heavy (non-hydrogen) atoms. The highest BCUT2D eigenvalue weighted by molar-refractivity contribution is 7.71. The van der Waals surface area contributed by atoms with Gasteiger partial charge in [-0.15, -0.1) is 0 Å². The minimum absolute atomic E-state index is 0.102. The molecule has 4 nitrogen and oxygen atoms in total. The summed E-state index contributed by atoms with van der Waals surface area (Å²) in [5, 5.41) is 2.95. The van der Waals surface area contributed by atoms with Crippen molar-refractivity contribution in [1.29, 1.82) is 0 Å². The van der Waals surface area contributed by atoms with Crippen molar-refractivity contribution < 1.29 is 9.21 Å². The van der Waals surface area contributed by atoms with E-state index in [-0.39, 0.29) is 5.91 Å². The maximum Gasteiger partial charge on any atom is 0.266 e. The third-order valence-corrected chi connectivity index (χ3v) is 4.10. The molecule has 2 aromatic carbocycles. The molecule has 0 aliphatic heterocycles. The van der Waals surface area contributed by atoms with Gasteiger partial charge in [-0.1, -0.05) is 37.3 Å². The lowest BCUT2D eigenvalue weighted by molar-refractivity contribution is 0.0952. The van der Waals surface area contributed by atoms with Gasteiger partial charge in [0.1, 0.15) is 0 Å². The second-order valence-electron chi connectivity index (χ2n) is 5.58. The van der Waals surface area contributed by atoms with Crippen molar-refractivity contribution in [3.8, 4) is 0 Å². The minimum Gasteiger partial charge on any atom is -0.429 e. The van der Waals surface area contributed by atoms with Crippen LogP contribution in [-0.4, -0.2) is 17.4 Å². The van der Waals surface area contributed by atoms with Crippen LogP contribution in [-0.2, 0) is 0 Å². The fourth-order valence-electron chi connectivity index (χ4n) is 2.54. The smallest absolute Gasteiger partial charge is 0.266 e. The van der Waals surface area contributed by atoms with Crippen LogP contribution in [0.3, 0.4) is 0 Å². The third kappa shape index (κ3) is 3.68. The lowest BCUT2D eigenvalue weighted by atomic mass is 9.98. The number of amides is 1. The Kier molecular flexibility index (Phi) is 4.57. The number of nitrogens with one attached hydrogen (secondary N) is 2. The van der Waals surface area contributed by atoms with Crippen LogP contribution in [0.2, 0.25) is 0 Å². The minimum atomic E-state index is -0.102. The van der Waals surface area contributed by atoms with Crippen molar-refractivity contribution in [3.63, 3.8) is 0 Å². The fourth-order valence-corrected chi connectivity index (χ4v) is 2.74. The molecule has 0 spiro atoms. The molecule has 0 aliphatic rings. The van der Waals surface area contributed by atoms with E-state index < -0.39 is 0 Å². The van der Waals surface area contributed by atoms with E-state index >= 15 is 0 Å². The molecule has 0 fully saturated rings. The molecule has 118 valence electrons. The molecule has 5 heteroatoms. The van der Waals surface area contributed by atoms with E-state index in [9.17, 15) is 4.79 Å². The summed E-state index contributed by atoms with van der Waals surface area (Å²) in [5.41, 5.74) is 3.25. The molecule has 1 amide bonds. The zero-order valence-electron chi connectivity index (χ0n) is 12.8. The second kappa shape index (κ2) is 6.79. The standard InChI is InChI=1S/C18H18N2O2S/c1-12(13-5-3-2-4-6-13)9-10-19-17(21)14-7-8-15-16(11-14)22-18(23)20-15/h2-8,11-12H,9-10H2,1H3,(H,19,21)(H,20,23). The molecule has 1 aromatic heterocycles. The highest BCUT2D eigenvalue weighted by atomic mass is 32.1. The number of hydrogen-bond donors (Lipinski definition) is 2. The van der Waals surface area contributed by atoms with Gasteiger partial charge in [-0.05, 0) is 48.3 Å². The number of carbonyl (C=O) groups excluding carboxylic acids is 1. The van der Waals surface area contributed by atoms with Gasteiger partial charge in [-0.25, -0.2) is 0 Å². The monoisotopic (exact) mass is 326 g/mol. The van der Waals surface area contributed by atoms with Crippen LogP contribution in [0.25, 0.3) is 11.1 Å². The topological polar surface area (TPSA) is 58.0 Å². The molecule has 0 saturated heterocycles. The number of hydrogen-bond acceptors (Lipinski definition) is 3. The Hall–Kier alpha value is -2.40. The Morgan fingerprint density at radius 3 is 2.83 bits per heavy atom. The number of fused-ring (bicyclic) bond motifs is 1. The summed E-state index contributed by atoms with van der Waals surface area (Å²) in [6.45, 7) is 2.79. The van der Waals surface area contributed by atoms with Gasteiger partial charge in [0, 0.05) is 12.1 Å². The number of benzene rings is 2. The van der Waals surface area contributed by atoms with E-state index in [1.807, 2.05) is 18.2 Å². The maximum absolute atomic E-state index is 12.2. The van der Waals surface area contributed by atoms with E-state index in [1.54, 1.807) is 18.2 Å². The molecule has 0 saturated carbocycles. The molecule has 0 aliphatic carbocycles. The zero-order valence-corrected chi connectivity index (χ0v) is 13.7. The highest BCUT2D eigenvalue weighted by Gasteiger charge is 2.10. The van der Waals surface area contributed by atoms with Gasteiger partial charge in [-0.3, -0.25) is 4.79 Å². The first-order valence-corrected chi connectivity index (χ1v) is 8.00. The first-order chi connectivity index (χ1) is 11.1. The number of aromatic amines is 1. The second-order valence-corrected chi connectivity index (χ2v) is 5.95. The third-order valence-electron chi connectivity index (χ3n) is 3.91. The number of aromatic nitrogens is 1. The first-order valence-electron chi connectivity index (χ1n) is 7.59. The SMILES string of the molecule is CC(CCNC(=O)c1ccc2[nH]c(=S)oc2c1)c1ccccc1. The van der Waals surface area contributed by atoms with Crippen LogP contribution in [0, 0.1) is 4.84 Å². The van der Waals surface area contributed by atoms with Crippen LogP contribution in [0.15, 0.2) is 52.9 Å². The van der Waals surface area contributed by atoms with Gasteiger partial charge in [0.15, 0.2) is 5.58 Å². The molecule has 3 rings (SSSR count). The van der Waals surface area contributed by atoms with Gasteiger partial charge < -0.3 is 14.7 Å². The van der Waals surface area contributed by atoms with Crippen molar-refractivity contribution in [2.45, 2.75) is 19.3 Å². The number of rotatable bonds is 5. The summed E-state index contributed by atoms with van der Waals surface area (Å²) in [7, 11) is 0. The van der Waals surface area contributed by atoms with E-state index in [0.29, 0.717) is 28.4 Å². The van der Waals surface area contributed by atoms with Gasteiger partial charge >= 0.3 is 0 Å². The van der Waals surface area contributed by atoms with E-state index in [1.165, 1.54) is 5.56 Å². The summed E-state index contributed by atoms with van der Waals surface area (Å²) in [6, 6.07) is 15.6. The largest absolute Gasteiger partial charge is 0.429 e. The number of oxazole rings is 1. The summed E-state index contributed by atoms with van der Waals surface area (Å²) >= 11 is 4.94. The average Bonchev–Trinajstić information content (AvgIpc) is 2.94. The van der Waals surface area contributed by atoms with Crippen molar-refractivity contribution in [1.82, 2.24) is 10.3 Å². The summed E-state index contributed by atoms with van der Waals surface area (Å²) in [4.78, 5) is 15.5. The van der Waals surface area contributed by atoms with E-state index in [4.69, 9.17) is 16.6 Å². The van der Waals surface area contributed by atoms with Crippen molar-refractivity contribution in [3.05, 3.63) is 64.5 Å². The predicted molar refractivity (Wildman–Crippen MR) is 93.2 cm³/mol. The molecule has 2 N–H and O–H groups in total. The normalized spacial score (nSPS) is 12.2. The van der Waals surface area contributed by atoms with Crippen LogP contribution in [0.1, 0.15) is 35.2 Å². The van der Waals surface area contributed by atoms with Crippen LogP contribution in [0.5, 0.6) is 0 Å². The van der Waals surface area contributed by atoms with Gasteiger partial charge in [-0.2, -0.15) is 0 Å². The van der Waals surface area contributed by atoms with Crippen molar-refractivity contribution in [2.24, 2.45) is 0 Å². The maximum atomic E-state index is 12.2. The number of H-pyrrole nitrogens is 1. The van der Waals surface area contributed by atoms with Crippen LogP contribution >= 0.6 is 12.2 Å². The molecule has 0 bridgehead atoms. The molecule has 0 radical (unpaired) electrons. The van der Waals surface area contributed by atoms with Crippen LogP contribution < -0.4 is 5.32 Å². The zero-order chi connectivity index (χ0) is 16.2. The lowest BCUT2D eigenvalue weighted by Gasteiger charge is -2.12. The van der Waals surface area contributed by atoms with E-state index in [2.05, 4.69) is 29.4 Å². The van der Waals surface area contributed by atoms with Gasteiger partial charge in [0.25, 0.3) is 10.7 Å². The molecular weight excluding hydrogens is 308 g/mol. The fraction of sp³-hybridized carbons (Fsp3) is 0.222. The summed E-state index contributed by atoms with van der Waals surface area (Å²) in [5.74, 6) is 0.302. The quantitative estimate of drug-likeness (QED) is 0.683. The molecule has 1 heterocycles. The van der Waals surface area contributed by atoms with E-state index in [0.717, 1.165) is 11.9 Å². The van der Waals surface area contributed by atoms with Crippen molar-refractivity contribution in [2.75, 3.05) is 6.54 Å². The lowest BCUT2D eigenvalue weighted by Crippen LogP contribution is -2.25. The molecule has 1 atom stereocenters. The average molecular weight is 326 g/mol. The van der Waals surface area contributed by atoms with Crippen molar-refractivity contribution >= 4 is 29.2 Å². The first kappa shape index (κ1) is 15.5. The Balaban J connectivity index is 1.59. The Morgan fingerprint density at radius 2 is 2.04 bits per heavy atom. The highest BCUT2D eigenvalue weighted by Crippen LogP contribution is 2.18. The van der Waals surface area contributed by atoms with Gasteiger partial charge in [0.2, 0.25) is 0 Å². The summed E-state index contributed by atoms with van der Waals surface area (Å²) in [6.07, 6.45) is 0.892.